The van der Waals surface area contributed by atoms with Crippen LogP contribution in [0.15, 0.2) is 42.5 Å². The fourth-order valence-electron chi connectivity index (χ4n) is 0.823. The Morgan fingerprint density at radius 1 is 1.00 bits per heavy atom. The van der Waals surface area contributed by atoms with Crippen molar-refractivity contribution in [3.05, 3.63) is 42.5 Å². The summed E-state index contributed by atoms with van der Waals surface area (Å²) in [4.78, 5) is 31.5. The van der Waals surface area contributed by atoms with E-state index in [0.717, 1.165) is 0 Å². The molecule has 0 spiro atoms. The van der Waals surface area contributed by atoms with E-state index in [1.165, 1.54) is 4.90 Å². The van der Waals surface area contributed by atoms with Gasteiger partial charge in [-0.2, -0.15) is 0 Å². The lowest BCUT2D eigenvalue weighted by Crippen LogP contribution is -2.25. The molecule has 0 saturated carbocycles. The van der Waals surface area contributed by atoms with Crippen LogP contribution in [0.1, 0.15) is 0 Å². The van der Waals surface area contributed by atoms with Gasteiger partial charge in [0.15, 0.2) is 0 Å². The Morgan fingerprint density at radius 3 is 1.80 bits per heavy atom. The first-order valence-electron chi connectivity index (χ1n) is 5.41. The van der Waals surface area contributed by atoms with Crippen molar-refractivity contribution in [2.75, 3.05) is 14.1 Å². The average molecular weight is 281 g/mol. The minimum Gasteiger partial charge on any atom is -0.478 e. The normalized spacial score (nSPS) is 9.30. The van der Waals surface area contributed by atoms with Crippen LogP contribution in [0.25, 0.3) is 0 Å². The van der Waals surface area contributed by atoms with Gasteiger partial charge in [0.1, 0.15) is 5.75 Å². The molecule has 108 valence electrons. The van der Waals surface area contributed by atoms with Crippen molar-refractivity contribution in [1.29, 1.82) is 0 Å². The zero-order chi connectivity index (χ0) is 15.5. The molecule has 0 aromatic heterocycles. The first-order valence-corrected chi connectivity index (χ1v) is 5.41. The van der Waals surface area contributed by atoms with Crippen LogP contribution >= 0.6 is 0 Å². The number of ether oxygens (including phenoxy) is 1. The summed E-state index contributed by atoms with van der Waals surface area (Å²) in [6, 6.07) is 8.98. The molecule has 0 atom stereocenters. The summed E-state index contributed by atoms with van der Waals surface area (Å²) < 4.78 is 4.96. The van der Waals surface area contributed by atoms with Crippen molar-refractivity contribution >= 4 is 18.0 Å². The number of amides is 1. The van der Waals surface area contributed by atoms with Crippen molar-refractivity contribution in [1.82, 2.24) is 4.90 Å². The highest BCUT2D eigenvalue weighted by molar-refractivity contribution is 5.89. The van der Waals surface area contributed by atoms with Gasteiger partial charge < -0.3 is 19.8 Å². The zero-order valence-electron chi connectivity index (χ0n) is 11.0. The van der Waals surface area contributed by atoms with Gasteiger partial charge in [-0.25, -0.2) is 14.4 Å². The fraction of sp³-hybridized carbons (Fsp3) is 0.154. The van der Waals surface area contributed by atoms with Gasteiger partial charge in [0.25, 0.3) is 0 Å². The smallest absolute Gasteiger partial charge is 0.414 e. The Bertz CT molecular complexity index is 465. The molecule has 7 heteroatoms. The summed E-state index contributed by atoms with van der Waals surface area (Å²) in [6.07, 6.45) is 0.756. The molecule has 1 amide bonds. The second-order valence-electron chi connectivity index (χ2n) is 3.59. The van der Waals surface area contributed by atoms with Gasteiger partial charge in [-0.05, 0) is 12.1 Å². The van der Waals surface area contributed by atoms with E-state index in [1.54, 1.807) is 26.2 Å². The average Bonchev–Trinajstić information content (AvgIpc) is 2.38. The lowest BCUT2D eigenvalue weighted by Gasteiger charge is -2.09. The number of nitrogens with zero attached hydrogens (tertiary/aromatic N) is 1. The van der Waals surface area contributed by atoms with E-state index in [4.69, 9.17) is 14.9 Å². The lowest BCUT2D eigenvalue weighted by molar-refractivity contribution is -0.134. The van der Waals surface area contributed by atoms with E-state index in [-0.39, 0.29) is 6.09 Å². The Labute approximate surface area is 115 Å². The number of para-hydroxylation sites is 1. The number of rotatable bonds is 3. The van der Waals surface area contributed by atoms with E-state index >= 15 is 0 Å². The summed E-state index contributed by atoms with van der Waals surface area (Å²) in [5, 5.41) is 15.6. The second-order valence-corrected chi connectivity index (χ2v) is 3.59. The van der Waals surface area contributed by atoms with Gasteiger partial charge in [0.2, 0.25) is 0 Å². The fourth-order valence-corrected chi connectivity index (χ4v) is 0.823. The van der Waals surface area contributed by atoms with Crippen molar-refractivity contribution in [2.45, 2.75) is 0 Å². The minimum absolute atomic E-state index is 0.360. The second kappa shape index (κ2) is 9.15. The number of hydrogen-bond donors (Lipinski definition) is 2. The summed E-state index contributed by atoms with van der Waals surface area (Å²) in [6.45, 7) is 0. The van der Waals surface area contributed by atoms with Crippen LogP contribution in [0.2, 0.25) is 0 Å². The molecule has 0 radical (unpaired) electrons. The largest absolute Gasteiger partial charge is 0.478 e. The monoisotopic (exact) mass is 281 g/mol. The van der Waals surface area contributed by atoms with E-state index in [1.807, 2.05) is 18.2 Å². The third-order valence-corrected chi connectivity index (χ3v) is 1.68. The molecule has 7 nitrogen and oxygen atoms in total. The molecule has 0 heterocycles. The third kappa shape index (κ3) is 9.23. The third-order valence-electron chi connectivity index (χ3n) is 1.68. The van der Waals surface area contributed by atoms with Gasteiger partial charge in [-0.1, -0.05) is 18.2 Å². The first-order chi connectivity index (χ1) is 9.32. The number of carboxylic acids is 2. The van der Waals surface area contributed by atoms with Gasteiger partial charge in [-0.15, -0.1) is 0 Å². The molecule has 1 aromatic carbocycles. The summed E-state index contributed by atoms with van der Waals surface area (Å²) >= 11 is 0. The minimum atomic E-state index is -1.26. The van der Waals surface area contributed by atoms with Gasteiger partial charge in [0, 0.05) is 26.2 Å². The maximum Gasteiger partial charge on any atom is 0.414 e. The molecule has 1 rings (SSSR count). The number of benzene rings is 1. The molecule has 0 aliphatic rings. The SMILES string of the molecule is CN(C)C(=O)Oc1ccccc1.O=C(O)/C=C/C(=O)O. The number of aliphatic carboxylic acids is 2. The van der Waals surface area contributed by atoms with Crippen LogP contribution in [-0.4, -0.2) is 47.2 Å². The molecule has 20 heavy (non-hydrogen) atoms. The van der Waals surface area contributed by atoms with E-state index in [0.29, 0.717) is 17.9 Å². The Kier molecular flexibility index (Phi) is 7.85. The van der Waals surface area contributed by atoms with Crippen molar-refractivity contribution in [3.63, 3.8) is 0 Å². The van der Waals surface area contributed by atoms with Crippen LogP contribution < -0.4 is 4.74 Å². The lowest BCUT2D eigenvalue weighted by atomic mass is 10.3. The summed E-state index contributed by atoms with van der Waals surface area (Å²) in [5.74, 6) is -1.95. The Hall–Kier alpha value is -2.83. The predicted octanol–water partition coefficient (Wildman–Crippen LogP) is 1.46. The molecule has 0 saturated heterocycles. The maximum absolute atomic E-state index is 11.0. The van der Waals surface area contributed by atoms with Gasteiger partial charge in [0.05, 0.1) is 0 Å². The van der Waals surface area contributed by atoms with Crippen LogP contribution in [-0.2, 0) is 9.59 Å². The molecule has 0 aliphatic carbocycles. The highest BCUT2D eigenvalue weighted by atomic mass is 16.6. The molecule has 0 unspecified atom stereocenters. The molecular weight excluding hydrogens is 266 g/mol. The molecule has 2 N–H and O–H groups in total. The number of carbonyl (C=O) groups is 3. The van der Waals surface area contributed by atoms with Crippen molar-refractivity contribution in [3.8, 4) is 5.75 Å². The zero-order valence-corrected chi connectivity index (χ0v) is 11.0. The molecular formula is C13H15NO6. The van der Waals surface area contributed by atoms with Gasteiger partial charge in [-0.3, -0.25) is 0 Å². The quantitative estimate of drug-likeness (QED) is 0.813. The van der Waals surface area contributed by atoms with Crippen LogP contribution in [0, 0.1) is 0 Å². The van der Waals surface area contributed by atoms with Crippen molar-refractivity contribution < 1.29 is 29.3 Å². The van der Waals surface area contributed by atoms with E-state index < -0.39 is 11.9 Å². The number of hydrogen-bond acceptors (Lipinski definition) is 4. The predicted molar refractivity (Wildman–Crippen MR) is 70.6 cm³/mol. The molecule has 0 bridgehead atoms. The van der Waals surface area contributed by atoms with E-state index in [9.17, 15) is 14.4 Å². The van der Waals surface area contributed by atoms with Crippen LogP contribution in [0.4, 0.5) is 4.79 Å². The Morgan fingerprint density at radius 2 is 1.45 bits per heavy atom. The van der Waals surface area contributed by atoms with Crippen molar-refractivity contribution in [2.24, 2.45) is 0 Å². The van der Waals surface area contributed by atoms with E-state index in [2.05, 4.69) is 0 Å². The molecule has 1 aromatic rings. The highest BCUT2D eigenvalue weighted by Crippen LogP contribution is 2.08. The molecule has 0 aliphatic heterocycles. The first kappa shape index (κ1) is 17.2. The Balaban J connectivity index is 0.000000396. The summed E-state index contributed by atoms with van der Waals surface area (Å²) in [7, 11) is 3.29. The number of carbonyl (C=O) groups excluding carboxylic acids is 1. The number of carboxylic acid groups (broad SMARTS) is 2. The summed E-state index contributed by atoms with van der Waals surface area (Å²) in [5.41, 5.74) is 0. The highest BCUT2D eigenvalue weighted by Gasteiger charge is 2.04. The van der Waals surface area contributed by atoms with Crippen LogP contribution in [0.5, 0.6) is 5.75 Å². The maximum atomic E-state index is 11.0. The van der Waals surface area contributed by atoms with Gasteiger partial charge >= 0.3 is 18.0 Å². The topological polar surface area (TPSA) is 104 Å². The molecule has 0 fully saturated rings. The van der Waals surface area contributed by atoms with Crippen LogP contribution in [0.3, 0.4) is 0 Å². The standard InChI is InChI=1S/C9H11NO2.C4H4O4/c1-10(2)9(11)12-8-6-4-3-5-7-8;5-3(6)1-2-4(7)8/h3-7H,1-2H3;1-2H,(H,5,6)(H,7,8)/b;2-1+.